The second-order valence-corrected chi connectivity index (χ2v) is 5.56. The van der Waals surface area contributed by atoms with Crippen LogP contribution in [0.15, 0.2) is 53.4 Å². The number of hydrogen-bond donors (Lipinski definition) is 0. The first-order valence-corrected chi connectivity index (χ1v) is 7.22. The van der Waals surface area contributed by atoms with Crippen molar-refractivity contribution < 1.29 is 8.60 Å². The van der Waals surface area contributed by atoms with E-state index in [1.165, 1.54) is 17.7 Å². The van der Waals surface area contributed by atoms with Crippen molar-refractivity contribution in [3.63, 3.8) is 0 Å². The van der Waals surface area contributed by atoms with Gasteiger partial charge in [-0.15, -0.1) is 0 Å². The molecule has 0 radical (unpaired) electrons. The van der Waals surface area contributed by atoms with Gasteiger partial charge in [0.2, 0.25) is 0 Å². The van der Waals surface area contributed by atoms with Gasteiger partial charge in [0.25, 0.3) is 0 Å². The molecular formula is C15H15FOS. The van der Waals surface area contributed by atoms with E-state index >= 15 is 0 Å². The van der Waals surface area contributed by atoms with Gasteiger partial charge in [0.15, 0.2) is 0 Å². The monoisotopic (exact) mass is 262 g/mol. The molecule has 1 atom stereocenters. The summed E-state index contributed by atoms with van der Waals surface area (Å²) in [5.74, 6) is 0.165. The summed E-state index contributed by atoms with van der Waals surface area (Å²) in [5.41, 5.74) is 2.31. The lowest BCUT2D eigenvalue weighted by Gasteiger charge is -2.04. The molecule has 0 heterocycles. The largest absolute Gasteiger partial charge is 0.254 e. The molecule has 0 amide bonds. The fraction of sp³-hybridized carbons (Fsp3) is 0.200. The maximum atomic E-state index is 12.8. The van der Waals surface area contributed by atoms with Crippen LogP contribution in [0.4, 0.5) is 4.39 Å². The SMILES string of the molecule is CCc1ccc(CS(=O)c2ccc(F)cc2)cc1. The molecule has 0 N–H and O–H groups in total. The van der Waals surface area contributed by atoms with Crippen molar-refractivity contribution in [2.75, 3.05) is 0 Å². The van der Waals surface area contributed by atoms with E-state index in [-0.39, 0.29) is 5.82 Å². The molecule has 0 aliphatic carbocycles. The molecular weight excluding hydrogens is 247 g/mol. The molecule has 0 saturated carbocycles. The minimum Gasteiger partial charge on any atom is -0.254 e. The Morgan fingerprint density at radius 1 is 0.944 bits per heavy atom. The highest BCUT2D eigenvalue weighted by Crippen LogP contribution is 2.14. The molecule has 0 bridgehead atoms. The Kier molecular flexibility index (Phi) is 4.26. The van der Waals surface area contributed by atoms with Crippen molar-refractivity contribution >= 4 is 10.8 Å². The molecule has 1 unspecified atom stereocenters. The van der Waals surface area contributed by atoms with Crippen LogP contribution in [0, 0.1) is 5.82 Å². The molecule has 0 fully saturated rings. The van der Waals surface area contributed by atoms with Gasteiger partial charge >= 0.3 is 0 Å². The predicted molar refractivity (Wildman–Crippen MR) is 72.3 cm³/mol. The summed E-state index contributed by atoms with van der Waals surface area (Å²) in [6, 6.07) is 13.9. The summed E-state index contributed by atoms with van der Waals surface area (Å²) in [6.07, 6.45) is 1.00. The first kappa shape index (κ1) is 13.0. The normalized spacial score (nSPS) is 12.3. The van der Waals surface area contributed by atoms with Crippen LogP contribution < -0.4 is 0 Å². The smallest absolute Gasteiger partial charge is 0.123 e. The average Bonchev–Trinajstić information content (AvgIpc) is 2.40. The minimum absolute atomic E-state index is 0.303. The summed E-state index contributed by atoms with van der Waals surface area (Å²) >= 11 is 0. The van der Waals surface area contributed by atoms with Gasteiger partial charge in [-0.25, -0.2) is 4.39 Å². The maximum absolute atomic E-state index is 12.8. The third-order valence-electron chi connectivity index (χ3n) is 2.81. The molecule has 94 valence electrons. The summed E-state index contributed by atoms with van der Waals surface area (Å²) in [5, 5.41) is 0. The van der Waals surface area contributed by atoms with Crippen molar-refractivity contribution in [3.8, 4) is 0 Å². The van der Waals surface area contributed by atoms with Crippen LogP contribution in [-0.4, -0.2) is 4.21 Å². The van der Waals surface area contributed by atoms with Gasteiger partial charge in [0.1, 0.15) is 5.82 Å². The van der Waals surface area contributed by atoms with E-state index in [1.807, 2.05) is 12.1 Å². The van der Waals surface area contributed by atoms with Crippen molar-refractivity contribution in [1.29, 1.82) is 0 Å². The summed E-state index contributed by atoms with van der Waals surface area (Å²) in [6.45, 7) is 2.10. The summed E-state index contributed by atoms with van der Waals surface area (Å²) < 4.78 is 24.8. The van der Waals surface area contributed by atoms with Crippen molar-refractivity contribution in [2.45, 2.75) is 24.0 Å². The van der Waals surface area contributed by atoms with Gasteiger partial charge < -0.3 is 0 Å². The molecule has 18 heavy (non-hydrogen) atoms. The van der Waals surface area contributed by atoms with Crippen molar-refractivity contribution in [1.82, 2.24) is 0 Å². The lowest BCUT2D eigenvalue weighted by atomic mass is 10.1. The van der Waals surface area contributed by atoms with Crippen LogP contribution in [0.2, 0.25) is 0 Å². The van der Waals surface area contributed by atoms with E-state index < -0.39 is 10.8 Å². The number of hydrogen-bond acceptors (Lipinski definition) is 1. The van der Waals surface area contributed by atoms with Gasteiger partial charge in [0.05, 0.1) is 16.6 Å². The summed E-state index contributed by atoms with van der Waals surface area (Å²) in [7, 11) is -1.12. The molecule has 0 aliphatic heterocycles. The quantitative estimate of drug-likeness (QED) is 0.821. The highest BCUT2D eigenvalue weighted by molar-refractivity contribution is 7.84. The molecule has 2 aromatic rings. The van der Waals surface area contributed by atoms with E-state index in [0.29, 0.717) is 10.6 Å². The van der Waals surface area contributed by atoms with Gasteiger partial charge in [-0.1, -0.05) is 31.2 Å². The van der Waals surface area contributed by atoms with Gasteiger partial charge in [-0.3, -0.25) is 4.21 Å². The highest BCUT2D eigenvalue weighted by atomic mass is 32.2. The minimum atomic E-state index is -1.12. The third-order valence-corrected chi connectivity index (χ3v) is 4.20. The van der Waals surface area contributed by atoms with E-state index in [1.54, 1.807) is 12.1 Å². The first-order valence-electron chi connectivity index (χ1n) is 5.91. The molecule has 0 spiro atoms. The molecule has 2 rings (SSSR count). The predicted octanol–water partition coefficient (Wildman–Crippen LogP) is 3.70. The van der Waals surface area contributed by atoms with Crippen molar-refractivity contribution in [2.24, 2.45) is 0 Å². The zero-order chi connectivity index (χ0) is 13.0. The number of halogens is 1. The van der Waals surface area contributed by atoms with Crippen LogP contribution in [0.3, 0.4) is 0 Å². The highest BCUT2D eigenvalue weighted by Gasteiger charge is 2.05. The maximum Gasteiger partial charge on any atom is 0.123 e. The Labute approximate surface area is 109 Å². The average molecular weight is 262 g/mol. The van der Waals surface area contributed by atoms with Gasteiger partial charge in [-0.2, -0.15) is 0 Å². The Hall–Kier alpha value is -1.48. The fourth-order valence-corrected chi connectivity index (χ4v) is 2.79. The number of benzene rings is 2. The lowest BCUT2D eigenvalue weighted by molar-refractivity contribution is 0.626. The fourth-order valence-electron chi connectivity index (χ4n) is 1.69. The molecule has 1 nitrogen and oxygen atoms in total. The Bertz CT molecular complexity index is 531. The van der Waals surface area contributed by atoms with E-state index in [9.17, 15) is 8.60 Å². The van der Waals surface area contributed by atoms with Gasteiger partial charge in [-0.05, 0) is 41.8 Å². The van der Waals surface area contributed by atoms with E-state index in [4.69, 9.17) is 0 Å². The Morgan fingerprint density at radius 2 is 1.50 bits per heavy atom. The van der Waals surface area contributed by atoms with Crippen LogP contribution in [0.25, 0.3) is 0 Å². The molecule has 0 aromatic heterocycles. The first-order chi connectivity index (χ1) is 8.69. The van der Waals surface area contributed by atoms with Crippen LogP contribution in [-0.2, 0) is 23.0 Å². The van der Waals surface area contributed by atoms with Crippen LogP contribution >= 0.6 is 0 Å². The summed E-state index contributed by atoms with van der Waals surface area (Å²) in [4.78, 5) is 0.663. The second-order valence-electron chi connectivity index (χ2n) is 4.11. The van der Waals surface area contributed by atoms with Gasteiger partial charge in [0, 0.05) is 4.90 Å². The Balaban J connectivity index is 2.08. The molecule has 0 saturated heterocycles. The zero-order valence-corrected chi connectivity index (χ0v) is 11.0. The zero-order valence-electron chi connectivity index (χ0n) is 10.2. The molecule has 0 aliphatic rings. The third kappa shape index (κ3) is 3.26. The van der Waals surface area contributed by atoms with Crippen LogP contribution in [0.1, 0.15) is 18.1 Å². The molecule has 2 aromatic carbocycles. The van der Waals surface area contributed by atoms with Crippen molar-refractivity contribution in [3.05, 3.63) is 65.5 Å². The topological polar surface area (TPSA) is 17.1 Å². The standard InChI is InChI=1S/C15H15FOS/c1-2-12-3-5-13(6-4-12)11-18(17)15-9-7-14(16)8-10-15/h3-10H,2,11H2,1H3. The van der Waals surface area contributed by atoms with Crippen LogP contribution in [0.5, 0.6) is 0 Å². The Morgan fingerprint density at radius 3 is 2.06 bits per heavy atom. The number of aryl methyl sites for hydroxylation is 1. The number of rotatable bonds is 4. The van der Waals surface area contributed by atoms with E-state index in [0.717, 1.165) is 12.0 Å². The second kappa shape index (κ2) is 5.91. The van der Waals surface area contributed by atoms with E-state index in [2.05, 4.69) is 19.1 Å². The molecule has 3 heteroatoms. The lowest BCUT2D eigenvalue weighted by Crippen LogP contribution is -1.96.